The SMILES string of the molecule is Cc1nn(CCCN)c(C)c1S(=O)(=O)NC1CCCCC1. The van der Waals surface area contributed by atoms with Gasteiger partial charge in [0.2, 0.25) is 10.0 Å². The molecule has 2 rings (SSSR count). The van der Waals surface area contributed by atoms with Crippen molar-refractivity contribution in [2.45, 2.75) is 69.9 Å². The molecule has 1 fully saturated rings. The Bertz CT molecular complexity index is 574. The van der Waals surface area contributed by atoms with Crippen LogP contribution < -0.4 is 10.5 Å². The summed E-state index contributed by atoms with van der Waals surface area (Å²) in [5.74, 6) is 0. The molecule has 1 saturated carbocycles. The number of aromatic nitrogens is 2. The van der Waals surface area contributed by atoms with Crippen molar-refractivity contribution in [2.75, 3.05) is 6.54 Å². The van der Waals surface area contributed by atoms with Crippen LogP contribution in [0.25, 0.3) is 0 Å². The quantitative estimate of drug-likeness (QED) is 0.832. The Hall–Kier alpha value is -0.920. The molecule has 0 saturated heterocycles. The molecule has 0 atom stereocenters. The summed E-state index contributed by atoms with van der Waals surface area (Å²) in [6.45, 7) is 4.79. The highest BCUT2D eigenvalue weighted by Crippen LogP contribution is 2.23. The van der Waals surface area contributed by atoms with Crippen molar-refractivity contribution in [3.05, 3.63) is 11.4 Å². The van der Waals surface area contributed by atoms with Gasteiger partial charge >= 0.3 is 0 Å². The first-order valence-electron chi connectivity index (χ1n) is 7.72. The summed E-state index contributed by atoms with van der Waals surface area (Å²) in [4.78, 5) is 0.338. The first-order chi connectivity index (χ1) is 9.95. The Labute approximate surface area is 127 Å². The van der Waals surface area contributed by atoms with Gasteiger partial charge in [-0.25, -0.2) is 13.1 Å². The third-order valence-electron chi connectivity index (χ3n) is 4.08. The Kier molecular flexibility index (Phi) is 5.40. The lowest BCUT2D eigenvalue weighted by Gasteiger charge is -2.22. The molecule has 6 nitrogen and oxygen atoms in total. The summed E-state index contributed by atoms with van der Waals surface area (Å²) >= 11 is 0. The summed E-state index contributed by atoms with van der Waals surface area (Å²) in [7, 11) is -3.49. The van der Waals surface area contributed by atoms with Crippen molar-refractivity contribution in [3.63, 3.8) is 0 Å². The van der Waals surface area contributed by atoms with Crippen molar-refractivity contribution in [3.8, 4) is 0 Å². The molecule has 3 N–H and O–H groups in total. The van der Waals surface area contributed by atoms with Crippen LogP contribution in [-0.2, 0) is 16.6 Å². The van der Waals surface area contributed by atoms with Gasteiger partial charge in [-0.3, -0.25) is 4.68 Å². The van der Waals surface area contributed by atoms with E-state index in [1.54, 1.807) is 11.6 Å². The minimum Gasteiger partial charge on any atom is -0.330 e. The molecular formula is C14H26N4O2S. The number of nitrogens with two attached hydrogens (primary N) is 1. The molecule has 21 heavy (non-hydrogen) atoms. The normalized spacial score (nSPS) is 17.3. The van der Waals surface area contributed by atoms with Gasteiger partial charge in [-0.15, -0.1) is 0 Å². The second kappa shape index (κ2) is 6.89. The van der Waals surface area contributed by atoms with Gasteiger partial charge in [-0.2, -0.15) is 5.10 Å². The number of hydrogen-bond acceptors (Lipinski definition) is 4. The maximum atomic E-state index is 12.6. The Morgan fingerprint density at radius 2 is 1.95 bits per heavy atom. The molecule has 0 unspecified atom stereocenters. The molecule has 1 aliphatic carbocycles. The molecule has 0 bridgehead atoms. The minimum absolute atomic E-state index is 0.0648. The number of hydrogen-bond donors (Lipinski definition) is 2. The van der Waals surface area contributed by atoms with E-state index >= 15 is 0 Å². The van der Waals surface area contributed by atoms with E-state index in [0.717, 1.165) is 32.1 Å². The van der Waals surface area contributed by atoms with E-state index in [-0.39, 0.29) is 6.04 Å². The highest BCUT2D eigenvalue weighted by molar-refractivity contribution is 7.89. The van der Waals surface area contributed by atoms with Gasteiger partial charge in [0.25, 0.3) is 0 Å². The van der Waals surface area contributed by atoms with Gasteiger partial charge in [0.1, 0.15) is 4.90 Å². The van der Waals surface area contributed by atoms with Crippen LogP contribution in [0.5, 0.6) is 0 Å². The van der Waals surface area contributed by atoms with Crippen LogP contribution >= 0.6 is 0 Å². The first kappa shape index (κ1) is 16.5. The molecule has 7 heteroatoms. The molecule has 1 aliphatic rings. The average molecular weight is 314 g/mol. The number of rotatable bonds is 6. The van der Waals surface area contributed by atoms with E-state index in [1.165, 1.54) is 6.42 Å². The molecule has 0 aromatic carbocycles. The monoisotopic (exact) mass is 314 g/mol. The van der Waals surface area contributed by atoms with Gasteiger partial charge in [-0.1, -0.05) is 19.3 Å². The number of nitrogens with zero attached hydrogens (tertiary/aromatic N) is 2. The second-order valence-corrected chi connectivity index (χ2v) is 7.47. The molecule has 120 valence electrons. The van der Waals surface area contributed by atoms with Gasteiger partial charge < -0.3 is 5.73 Å². The topological polar surface area (TPSA) is 90.0 Å². The average Bonchev–Trinajstić information content (AvgIpc) is 2.72. The van der Waals surface area contributed by atoms with E-state index in [1.807, 2.05) is 6.92 Å². The van der Waals surface area contributed by atoms with E-state index in [4.69, 9.17) is 5.73 Å². The predicted molar refractivity (Wildman–Crippen MR) is 82.6 cm³/mol. The zero-order valence-electron chi connectivity index (χ0n) is 12.9. The Balaban J connectivity index is 2.20. The fourth-order valence-corrected chi connectivity index (χ4v) is 4.74. The zero-order valence-corrected chi connectivity index (χ0v) is 13.7. The van der Waals surface area contributed by atoms with Gasteiger partial charge in [0.15, 0.2) is 0 Å². The highest BCUT2D eigenvalue weighted by atomic mass is 32.2. The van der Waals surface area contributed by atoms with Crippen molar-refractivity contribution in [1.29, 1.82) is 0 Å². The Morgan fingerprint density at radius 3 is 2.57 bits per heavy atom. The van der Waals surface area contributed by atoms with Gasteiger partial charge in [-0.05, 0) is 39.7 Å². The van der Waals surface area contributed by atoms with Crippen LogP contribution in [0, 0.1) is 13.8 Å². The lowest BCUT2D eigenvalue weighted by atomic mass is 9.96. The molecule has 1 aromatic heterocycles. The number of nitrogens with one attached hydrogen (secondary N) is 1. The van der Waals surface area contributed by atoms with Crippen molar-refractivity contribution < 1.29 is 8.42 Å². The molecule has 1 aromatic rings. The Morgan fingerprint density at radius 1 is 1.29 bits per heavy atom. The third-order valence-corrected chi connectivity index (χ3v) is 5.86. The number of aryl methyl sites for hydroxylation is 2. The minimum atomic E-state index is -3.49. The van der Waals surface area contributed by atoms with Crippen molar-refractivity contribution in [2.24, 2.45) is 5.73 Å². The molecule has 0 radical (unpaired) electrons. The van der Waals surface area contributed by atoms with E-state index in [0.29, 0.717) is 29.4 Å². The molecule has 1 heterocycles. The van der Waals surface area contributed by atoms with Crippen LogP contribution in [0.1, 0.15) is 49.9 Å². The smallest absolute Gasteiger partial charge is 0.244 e. The summed E-state index contributed by atoms with van der Waals surface area (Å²) in [5, 5.41) is 4.35. The number of sulfonamides is 1. The lowest BCUT2D eigenvalue weighted by molar-refractivity contribution is 0.412. The van der Waals surface area contributed by atoms with Gasteiger partial charge in [0, 0.05) is 12.6 Å². The maximum absolute atomic E-state index is 12.6. The lowest BCUT2D eigenvalue weighted by Crippen LogP contribution is -2.36. The van der Waals surface area contributed by atoms with Crippen molar-refractivity contribution in [1.82, 2.24) is 14.5 Å². The highest BCUT2D eigenvalue weighted by Gasteiger charge is 2.27. The van der Waals surface area contributed by atoms with Crippen LogP contribution in [0.3, 0.4) is 0 Å². The first-order valence-corrected chi connectivity index (χ1v) is 9.20. The second-order valence-electron chi connectivity index (χ2n) is 5.82. The van der Waals surface area contributed by atoms with Crippen LogP contribution in [0.2, 0.25) is 0 Å². The zero-order chi connectivity index (χ0) is 15.5. The van der Waals surface area contributed by atoms with E-state index in [2.05, 4.69) is 9.82 Å². The standard InChI is InChI=1S/C14H26N4O2S/c1-11-14(12(2)18(16-11)10-6-9-15)21(19,20)17-13-7-4-3-5-8-13/h13,17H,3-10,15H2,1-2H3. The van der Waals surface area contributed by atoms with E-state index < -0.39 is 10.0 Å². The third kappa shape index (κ3) is 3.84. The summed E-state index contributed by atoms with van der Waals surface area (Å²) in [6, 6.07) is 0.0648. The maximum Gasteiger partial charge on any atom is 0.244 e. The summed E-state index contributed by atoms with van der Waals surface area (Å²) in [6.07, 6.45) is 6.05. The predicted octanol–water partition coefficient (Wildman–Crippen LogP) is 1.46. The largest absolute Gasteiger partial charge is 0.330 e. The van der Waals surface area contributed by atoms with Gasteiger partial charge in [0.05, 0.1) is 11.4 Å². The van der Waals surface area contributed by atoms with Crippen LogP contribution in [0.15, 0.2) is 4.90 Å². The van der Waals surface area contributed by atoms with Crippen LogP contribution in [-0.4, -0.2) is 30.8 Å². The molecule has 0 aliphatic heterocycles. The fraction of sp³-hybridized carbons (Fsp3) is 0.786. The molecule has 0 amide bonds. The molecule has 0 spiro atoms. The van der Waals surface area contributed by atoms with E-state index in [9.17, 15) is 8.42 Å². The van der Waals surface area contributed by atoms with Crippen molar-refractivity contribution >= 4 is 10.0 Å². The van der Waals surface area contributed by atoms with Crippen LogP contribution in [0.4, 0.5) is 0 Å². The summed E-state index contributed by atoms with van der Waals surface area (Å²) < 4.78 is 29.9. The molecular weight excluding hydrogens is 288 g/mol. The summed E-state index contributed by atoms with van der Waals surface area (Å²) in [5.41, 5.74) is 6.77. The fourth-order valence-electron chi connectivity index (χ4n) is 3.03.